The lowest BCUT2D eigenvalue weighted by molar-refractivity contribution is -0.132. The third-order valence-electron chi connectivity index (χ3n) is 2.42. The van der Waals surface area contributed by atoms with Gasteiger partial charge in [-0.15, -0.1) is 11.3 Å². The SMILES string of the molecule is COC(=O)OC1=CC(=O)C(C)(c2ccc(Cl)s2)O1. The Kier molecular flexibility index (Phi) is 3.32. The van der Waals surface area contributed by atoms with E-state index >= 15 is 0 Å². The van der Waals surface area contributed by atoms with Crippen LogP contribution >= 0.6 is 22.9 Å². The topological polar surface area (TPSA) is 61.8 Å². The average Bonchev–Trinajstić information content (AvgIpc) is 2.85. The van der Waals surface area contributed by atoms with E-state index in [2.05, 4.69) is 9.47 Å². The van der Waals surface area contributed by atoms with E-state index in [-0.39, 0.29) is 11.7 Å². The summed E-state index contributed by atoms with van der Waals surface area (Å²) in [6.45, 7) is 1.58. The number of halogens is 1. The van der Waals surface area contributed by atoms with Gasteiger partial charge < -0.3 is 14.2 Å². The molecule has 1 aromatic heterocycles. The van der Waals surface area contributed by atoms with E-state index in [1.165, 1.54) is 11.3 Å². The van der Waals surface area contributed by atoms with Crippen LogP contribution in [-0.2, 0) is 24.6 Å². The molecule has 2 heterocycles. The van der Waals surface area contributed by atoms with Crippen LogP contribution in [0.15, 0.2) is 24.2 Å². The highest BCUT2D eigenvalue weighted by atomic mass is 35.5. The minimum Gasteiger partial charge on any atom is -0.444 e. The molecule has 1 aliphatic rings. The average molecular weight is 289 g/mol. The highest BCUT2D eigenvalue weighted by Gasteiger charge is 2.44. The van der Waals surface area contributed by atoms with Crippen molar-refractivity contribution in [3.8, 4) is 0 Å². The summed E-state index contributed by atoms with van der Waals surface area (Å²) < 4.78 is 14.9. The molecule has 1 aliphatic heterocycles. The van der Waals surface area contributed by atoms with E-state index < -0.39 is 11.8 Å². The molecule has 0 amide bonds. The monoisotopic (exact) mass is 288 g/mol. The van der Waals surface area contributed by atoms with E-state index in [1.807, 2.05) is 0 Å². The number of thiophene rings is 1. The van der Waals surface area contributed by atoms with Gasteiger partial charge in [-0.25, -0.2) is 4.79 Å². The third kappa shape index (κ3) is 2.21. The molecular weight excluding hydrogens is 280 g/mol. The fraction of sp³-hybridized carbons (Fsp3) is 0.273. The maximum Gasteiger partial charge on any atom is 0.516 e. The van der Waals surface area contributed by atoms with Gasteiger partial charge in [0.2, 0.25) is 11.4 Å². The lowest BCUT2D eigenvalue weighted by atomic mass is 10.0. The fourth-order valence-electron chi connectivity index (χ4n) is 1.44. The fourth-order valence-corrected chi connectivity index (χ4v) is 2.57. The van der Waals surface area contributed by atoms with Crippen molar-refractivity contribution in [1.82, 2.24) is 0 Å². The van der Waals surface area contributed by atoms with Crippen molar-refractivity contribution in [2.75, 3.05) is 7.11 Å². The summed E-state index contributed by atoms with van der Waals surface area (Å²) in [6, 6.07) is 3.36. The van der Waals surface area contributed by atoms with Crippen molar-refractivity contribution in [3.05, 3.63) is 33.4 Å². The van der Waals surface area contributed by atoms with E-state index in [4.69, 9.17) is 16.3 Å². The molecule has 0 saturated heterocycles. The van der Waals surface area contributed by atoms with Crippen LogP contribution in [-0.4, -0.2) is 19.0 Å². The van der Waals surface area contributed by atoms with Crippen molar-refractivity contribution in [3.63, 3.8) is 0 Å². The Morgan fingerprint density at radius 1 is 1.50 bits per heavy atom. The summed E-state index contributed by atoms with van der Waals surface area (Å²) in [5.74, 6) is -0.501. The molecule has 0 N–H and O–H groups in total. The molecule has 18 heavy (non-hydrogen) atoms. The van der Waals surface area contributed by atoms with Gasteiger partial charge in [0, 0.05) is 0 Å². The Balaban J connectivity index is 2.19. The minimum absolute atomic E-state index is 0.182. The first-order valence-corrected chi connectivity index (χ1v) is 6.12. The highest BCUT2D eigenvalue weighted by Crippen LogP contribution is 2.39. The summed E-state index contributed by atoms with van der Waals surface area (Å²) in [6.07, 6.45) is 0.174. The van der Waals surface area contributed by atoms with Crippen LogP contribution in [0.3, 0.4) is 0 Å². The van der Waals surface area contributed by atoms with Crippen LogP contribution < -0.4 is 0 Å². The molecule has 0 saturated carbocycles. The molecule has 7 heteroatoms. The highest BCUT2D eigenvalue weighted by molar-refractivity contribution is 7.16. The van der Waals surface area contributed by atoms with Crippen LogP contribution in [0.25, 0.3) is 0 Å². The zero-order chi connectivity index (χ0) is 13.3. The summed E-state index contributed by atoms with van der Waals surface area (Å²) in [7, 11) is 1.16. The molecule has 2 rings (SSSR count). The second-order valence-electron chi connectivity index (χ2n) is 3.62. The lowest BCUT2D eigenvalue weighted by Crippen LogP contribution is -2.28. The lowest BCUT2D eigenvalue weighted by Gasteiger charge is -2.21. The smallest absolute Gasteiger partial charge is 0.444 e. The van der Waals surface area contributed by atoms with Crippen LogP contribution in [0.2, 0.25) is 4.34 Å². The van der Waals surface area contributed by atoms with Gasteiger partial charge in [-0.05, 0) is 19.1 Å². The molecule has 0 aliphatic carbocycles. The zero-order valence-electron chi connectivity index (χ0n) is 9.56. The summed E-state index contributed by atoms with van der Waals surface area (Å²) in [4.78, 5) is 23.5. The summed E-state index contributed by atoms with van der Waals surface area (Å²) in [5, 5.41) is 0. The first kappa shape index (κ1) is 12.9. The zero-order valence-corrected chi connectivity index (χ0v) is 11.1. The molecule has 0 spiro atoms. The van der Waals surface area contributed by atoms with Gasteiger partial charge in [-0.1, -0.05) is 11.6 Å². The van der Waals surface area contributed by atoms with Gasteiger partial charge in [-0.3, -0.25) is 4.79 Å². The van der Waals surface area contributed by atoms with Crippen LogP contribution in [0.5, 0.6) is 0 Å². The molecular formula is C11H9ClO5S. The van der Waals surface area contributed by atoms with Crippen LogP contribution in [0.1, 0.15) is 11.8 Å². The molecule has 1 unspecified atom stereocenters. The Hall–Kier alpha value is -1.53. The van der Waals surface area contributed by atoms with Crippen molar-refractivity contribution in [2.24, 2.45) is 0 Å². The van der Waals surface area contributed by atoms with E-state index in [0.717, 1.165) is 13.2 Å². The number of methoxy groups -OCH3 is 1. The molecule has 96 valence electrons. The van der Waals surface area contributed by atoms with Crippen molar-refractivity contribution in [1.29, 1.82) is 0 Å². The number of ether oxygens (including phenoxy) is 3. The quantitative estimate of drug-likeness (QED) is 0.783. The molecule has 5 nitrogen and oxygen atoms in total. The van der Waals surface area contributed by atoms with Crippen molar-refractivity contribution in [2.45, 2.75) is 12.5 Å². The van der Waals surface area contributed by atoms with Crippen LogP contribution in [0, 0.1) is 0 Å². The van der Waals surface area contributed by atoms with Gasteiger partial charge in [0.1, 0.15) is 0 Å². The number of rotatable bonds is 2. The molecule has 0 aromatic carbocycles. The third-order valence-corrected chi connectivity index (χ3v) is 3.85. The molecule has 0 bridgehead atoms. The van der Waals surface area contributed by atoms with Crippen molar-refractivity contribution < 1.29 is 23.8 Å². The maximum absolute atomic E-state index is 11.9. The number of carbonyl (C=O) groups is 2. The molecule has 0 fully saturated rings. The first-order valence-electron chi connectivity index (χ1n) is 4.92. The largest absolute Gasteiger partial charge is 0.516 e. The number of hydrogen-bond donors (Lipinski definition) is 0. The number of ketones is 1. The van der Waals surface area contributed by atoms with E-state index in [9.17, 15) is 9.59 Å². The van der Waals surface area contributed by atoms with Gasteiger partial charge >= 0.3 is 6.16 Å². The van der Waals surface area contributed by atoms with Gasteiger partial charge in [0.05, 0.1) is 22.4 Å². The van der Waals surface area contributed by atoms with Crippen molar-refractivity contribution >= 4 is 34.9 Å². The Morgan fingerprint density at radius 2 is 2.22 bits per heavy atom. The maximum atomic E-state index is 11.9. The molecule has 1 atom stereocenters. The first-order chi connectivity index (χ1) is 8.45. The van der Waals surface area contributed by atoms with E-state index in [1.54, 1.807) is 19.1 Å². The Bertz CT molecular complexity index is 535. The summed E-state index contributed by atoms with van der Waals surface area (Å²) in [5.41, 5.74) is -1.21. The Labute approximate surface area is 112 Å². The molecule has 1 aromatic rings. The van der Waals surface area contributed by atoms with Gasteiger partial charge in [0.15, 0.2) is 0 Å². The van der Waals surface area contributed by atoms with E-state index in [0.29, 0.717) is 9.21 Å². The Morgan fingerprint density at radius 3 is 2.78 bits per heavy atom. The normalized spacial score (nSPS) is 22.4. The number of carbonyl (C=O) groups excluding carboxylic acids is 2. The molecule has 0 radical (unpaired) electrons. The minimum atomic E-state index is -1.21. The predicted octanol–water partition coefficient (Wildman–Crippen LogP) is 2.84. The van der Waals surface area contributed by atoms with Gasteiger partial charge in [-0.2, -0.15) is 0 Å². The second-order valence-corrected chi connectivity index (χ2v) is 5.34. The standard InChI is InChI=1S/C11H9ClO5S/c1-11(7-3-4-8(12)18-7)6(13)5-9(17-11)16-10(14)15-2/h3-5H,1-2H3. The van der Waals surface area contributed by atoms with Crippen LogP contribution in [0.4, 0.5) is 4.79 Å². The van der Waals surface area contributed by atoms with Gasteiger partial charge in [0.25, 0.3) is 5.95 Å². The number of hydrogen-bond acceptors (Lipinski definition) is 6. The predicted molar refractivity (Wildman–Crippen MR) is 64.3 cm³/mol. The second kappa shape index (κ2) is 4.62. The summed E-state index contributed by atoms with van der Waals surface area (Å²) >= 11 is 7.05.